The maximum Gasteiger partial charge on any atom is 0.162 e. The number of carbonyl (C=O) groups is 1. The quantitative estimate of drug-likeness (QED) is 0.794. The predicted octanol–water partition coefficient (Wildman–Crippen LogP) is 3.35. The van der Waals surface area contributed by atoms with Crippen molar-refractivity contribution in [2.24, 2.45) is 17.8 Å². The first kappa shape index (κ1) is 12.8. The van der Waals surface area contributed by atoms with Crippen LogP contribution in [-0.4, -0.2) is 11.8 Å². The molecular formula is C20H21NO. The molecule has 0 radical (unpaired) electrons. The number of rotatable bonds is 0. The van der Waals surface area contributed by atoms with E-state index in [4.69, 9.17) is 0 Å². The van der Waals surface area contributed by atoms with Crippen molar-refractivity contribution in [1.82, 2.24) is 5.32 Å². The summed E-state index contributed by atoms with van der Waals surface area (Å²) in [5, 5.41) is 3.87. The van der Waals surface area contributed by atoms with Crippen LogP contribution in [0, 0.1) is 17.8 Å². The van der Waals surface area contributed by atoms with Gasteiger partial charge in [-0.05, 0) is 54.7 Å². The third kappa shape index (κ3) is 1.80. The summed E-state index contributed by atoms with van der Waals surface area (Å²) in [5.74, 6) is 1.82. The van der Waals surface area contributed by atoms with Gasteiger partial charge in [0.05, 0.1) is 0 Å². The zero-order chi connectivity index (χ0) is 14.7. The van der Waals surface area contributed by atoms with Crippen LogP contribution in [0.2, 0.25) is 0 Å². The van der Waals surface area contributed by atoms with Crippen molar-refractivity contribution in [3.63, 3.8) is 0 Å². The summed E-state index contributed by atoms with van der Waals surface area (Å²) in [7, 11) is 0. The lowest BCUT2D eigenvalue weighted by molar-refractivity contribution is -0.118. The second-order valence-corrected chi connectivity index (χ2v) is 7.40. The van der Waals surface area contributed by atoms with Crippen molar-refractivity contribution in [3.05, 3.63) is 59.2 Å². The van der Waals surface area contributed by atoms with Gasteiger partial charge in [-0.2, -0.15) is 0 Å². The van der Waals surface area contributed by atoms with E-state index in [1.165, 1.54) is 23.1 Å². The molecule has 2 heteroatoms. The molecule has 1 aromatic rings. The molecule has 0 aromatic heterocycles. The van der Waals surface area contributed by atoms with Gasteiger partial charge in [-0.3, -0.25) is 4.79 Å². The Morgan fingerprint density at radius 3 is 2.95 bits per heavy atom. The smallest absolute Gasteiger partial charge is 0.162 e. The number of hydrogen-bond donors (Lipinski definition) is 1. The molecule has 0 amide bonds. The lowest BCUT2D eigenvalue weighted by atomic mass is 9.60. The van der Waals surface area contributed by atoms with Crippen molar-refractivity contribution < 1.29 is 4.79 Å². The van der Waals surface area contributed by atoms with Crippen LogP contribution >= 0.6 is 0 Å². The van der Waals surface area contributed by atoms with Gasteiger partial charge in [0.1, 0.15) is 0 Å². The topological polar surface area (TPSA) is 29.1 Å². The van der Waals surface area contributed by atoms with E-state index in [0.29, 0.717) is 23.8 Å². The third-order valence-electron chi connectivity index (χ3n) is 6.26. The van der Waals surface area contributed by atoms with Crippen LogP contribution in [0.15, 0.2) is 48.1 Å². The maximum atomic E-state index is 12.3. The van der Waals surface area contributed by atoms with E-state index < -0.39 is 0 Å². The summed E-state index contributed by atoms with van der Waals surface area (Å²) in [6.07, 6.45) is 10.5. The Kier molecular flexibility index (Phi) is 2.72. The van der Waals surface area contributed by atoms with Gasteiger partial charge in [0.2, 0.25) is 0 Å². The highest BCUT2D eigenvalue weighted by Gasteiger charge is 2.46. The number of nitrogens with one attached hydrogen (secondary N) is 1. The summed E-state index contributed by atoms with van der Waals surface area (Å²) in [4.78, 5) is 12.3. The first-order valence-electron chi connectivity index (χ1n) is 8.54. The average molecular weight is 291 g/mol. The molecule has 2 fully saturated rings. The van der Waals surface area contributed by atoms with Crippen molar-refractivity contribution in [2.45, 2.75) is 37.8 Å². The zero-order valence-electron chi connectivity index (χ0n) is 12.7. The van der Waals surface area contributed by atoms with Crippen LogP contribution in [0.4, 0.5) is 0 Å². The molecule has 112 valence electrons. The molecule has 0 spiro atoms. The lowest BCUT2D eigenvalue weighted by Crippen LogP contribution is -2.52. The van der Waals surface area contributed by atoms with Gasteiger partial charge >= 0.3 is 0 Å². The number of carbonyl (C=O) groups excluding carboxylic acids is 1. The number of ketones is 1. The summed E-state index contributed by atoms with van der Waals surface area (Å²) >= 11 is 0. The second kappa shape index (κ2) is 4.66. The average Bonchev–Trinajstić information content (AvgIpc) is 2.54. The Morgan fingerprint density at radius 2 is 2.00 bits per heavy atom. The number of hydrogen-bond acceptors (Lipinski definition) is 2. The van der Waals surface area contributed by atoms with Crippen molar-refractivity contribution >= 4 is 5.78 Å². The minimum Gasteiger partial charge on any atom is -0.307 e. The number of fused-ring (bicyclic) bond motifs is 7. The highest BCUT2D eigenvalue weighted by atomic mass is 16.1. The Morgan fingerprint density at radius 1 is 1.09 bits per heavy atom. The molecule has 5 atom stereocenters. The standard InChI is InChI=1S/C20H21NO/c22-19-7-3-5-12-8-14-10-15-9-13-4-1-2-6-16(13)20(21-15)18(14)11-17(12)19/h1-7,14-15,17-18,20-21H,8-11H2. The minimum atomic E-state index is 0.152. The Labute approximate surface area is 131 Å². The molecule has 2 nitrogen and oxygen atoms in total. The summed E-state index contributed by atoms with van der Waals surface area (Å²) in [5.41, 5.74) is 4.40. The van der Waals surface area contributed by atoms with Crippen molar-refractivity contribution in [2.75, 3.05) is 0 Å². The summed E-state index contributed by atoms with van der Waals surface area (Å²) < 4.78 is 0. The number of piperidine rings is 1. The fourth-order valence-corrected chi connectivity index (χ4v) is 5.31. The molecule has 22 heavy (non-hydrogen) atoms. The number of benzene rings is 1. The van der Waals surface area contributed by atoms with Crippen LogP contribution in [-0.2, 0) is 11.2 Å². The van der Waals surface area contributed by atoms with E-state index >= 15 is 0 Å². The molecule has 2 bridgehead atoms. The molecule has 2 heterocycles. The Bertz CT molecular complexity index is 701. The Hall–Kier alpha value is -1.67. The fraction of sp³-hybridized carbons (Fsp3) is 0.450. The van der Waals surface area contributed by atoms with E-state index in [2.05, 4.69) is 35.7 Å². The van der Waals surface area contributed by atoms with E-state index in [1.54, 1.807) is 6.08 Å². The molecule has 4 aliphatic rings. The van der Waals surface area contributed by atoms with Crippen LogP contribution in [0.5, 0.6) is 0 Å². The first-order valence-corrected chi connectivity index (χ1v) is 8.54. The van der Waals surface area contributed by atoms with E-state index in [9.17, 15) is 4.79 Å². The Balaban J connectivity index is 1.54. The van der Waals surface area contributed by atoms with E-state index in [-0.39, 0.29) is 5.92 Å². The van der Waals surface area contributed by atoms with Gasteiger partial charge in [-0.25, -0.2) is 0 Å². The molecular weight excluding hydrogens is 270 g/mol. The first-order chi connectivity index (χ1) is 10.8. The van der Waals surface area contributed by atoms with Gasteiger partial charge in [-0.15, -0.1) is 0 Å². The normalized spacial score (nSPS) is 38.6. The van der Waals surface area contributed by atoms with E-state index in [0.717, 1.165) is 25.2 Å². The molecule has 5 unspecified atom stereocenters. The number of allylic oxidation sites excluding steroid dienone is 4. The zero-order valence-corrected chi connectivity index (χ0v) is 12.7. The predicted molar refractivity (Wildman–Crippen MR) is 86.4 cm³/mol. The molecule has 1 saturated carbocycles. The highest BCUT2D eigenvalue weighted by molar-refractivity contribution is 5.95. The monoisotopic (exact) mass is 291 g/mol. The molecule has 5 rings (SSSR count). The van der Waals surface area contributed by atoms with Gasteiger partial charge in [0.15, 0.2) is 5.78 Å². The van der Waals surface area contributed by atoms with Crippen LogP contribution < -0.4 is 5.32 Å². The minimum absolute atomic E-state index is 0.152. The molecule has 1 aromatic carbocycles. The molecule has 2 aliphatic heterocycles. The van der Waals surface area contributed by atoms with Gasteiger partial charge in [0, 0.05) is 18.0 Å². The molecule has 1 N–H and O–H groups in total. The van der Waals surface area contributed by atoms with Crippen LogP contribution in [0.25, 0.3) is 0 Å². The highest BCUT2D eigenvalue weighted by Crippen LogP contribution is 2.51. The van der Waals surface area contributed by atoms with Crippen LogP contribution in [0.3, 0.4) is 0 Å². The van der Waals surface area contributed by atoms with Gasteiger partial charge in [0.25, 0.3) is 0 Å². The van der Waals surface area contributed by atoms with Crippen molar-refractivity contribution in [1.29, 1.82) is 0 Å². The SMILES string of the molecule is O=C1C=CC=C2CC3CC4Cc5ccccc5C(N4)C3CC12. The largest absolute Gasteiger partial charge is 0.307 e. The molecule has 1 saturated heterocycles. The van der Waals surface area contributed by atoms with Crippen LogP contribution in [0.1, 0.15) is 36.4 Å². The van der Waals surface area contributed by atoms with E-state index in [1.807, 2.05) is 6.08 Å². The van der Waals surface area contributed by atoms with Gasteiger partial charge in [-0.1, -0.05) is 42.0 Å². The fourth-order valence-electron chi connectivity index (χ4n) is 5.31. The van der Waals surface area contributed by atoms with Gasteiger partial charge < -0.3 is 5.32 Å². The van der Waals surface area contributed by atoms with Crippen molar-refractivity contribution in [3.8, 4) is 0 Å². The lowest BCUT2D eigenvalue weighted by Gasteiger charge is -2.51. The molecule has 2 aliphatic carbocycles. The summed E-state index contributed by atoms with van der Waals surface area (Å²) in [6.45, 7) is 0. The second-order valence-electron chi connectivity index (χ2n) is 7.40. The third-order valence-corrected chi connectivity index (χ3v) is 6.26. The maximum absolute atomic E-state index is 12.3. The summed E-state index contributed by atoms with van der Waals surface area (Å²) in [6, 6.07) is 9.97.